The van der Waals surface area contributed by atoms with Gasteiger partial charge < -0.3 is 5.32 Å². The van der Waals surface area contributed by atoms with Gasteiger partial charge in [0.1, 0.15) is 0 Å². The van der Waals surface area contributed by atoms with E-state index in [4.69, 9.17) is 0 Å². The van der Waals surface area contributed by atoms with Gasteiger partial charge in [0.05, 0.1) is 10.6 Å². The summed E-state index contributed by atoms with van der Waals surface area (Å²) in [5, 5.41) is 2.80. The fraction of sp³-hybridized carbons (Fsp3) is 0.316. The number of rotatable bonds is 7. The van der Waals surface area contributed by atoms with Gasteiger partial charge in [-0.1, -0.05) is 32.9 Å². The molecule has 1 amide bonds. The van der Waals surface area contributed by atoms with Gasteiger partial charge in [0.25, 0.3) is 10.0 Å². The normalized spacial score (nSPS) is 11.4. The summed E-state index contributed by atoms with van der Waals surface area (Å²) >= 11 is 1.45. The highest BCUT2D eigenvalue weighted by Crippen LogP contribution is 2.29. The van der Waals surface area contributed by atoms with E-state index in [1.807, 2.05) is 25.3 Å². The lowest BCUT2D eigenvalue weighted by Gasteiger charge is -2.14. The second-order valence-corrected chi connectivity index (χ2v) is 8.69. The van der Waals surface area contributed by atoms with Crippen LogP contribution in [0.25, 0.3) is 0 Å². The number of benzene rings is 2. The van der Waals surface area contributed by atoms with Gasteiger partial charge in [-0.25, -0.2) is 8.42 Å². The molecule has 0 radical (unpaired) electrons. The van der Waals surface area contributed by atoms with Gasteiger partial charge in [0, 0.05) is 16.5 Å². The average molecular weight is 393 g/mol. The van der Waals surface area contributed by atoms with E-state index in [-0.39, 0.29) is 16.7 Å². The summed E-state index contributed by atoms with van der Waals surface area (Å²) in [6.07, 6.45) is 2.77. The largest absolute Gasteiger partial charge is 0.325 e. The van der Waals surface area contributed by atoms with E-state index in [1.165, 1.54) is 17.8 Å². The number of carbonyl (C=O) groups excluding carboxylic acids is 1. The van der Waals surface area contributed by atoms with Gasteiger partial charge in [0.2, 0.25) is 5.91 Å². The molecule has 0 saturated carbocycles. The first-order chi connectivity index (χ1) is 12.3. The second-order valence-electron chi connectivity index (χ2n) is 6.16. The highest BCUT2D eigenvalue weighted by molar-refractivity contribution is 7.98. The van der Waals surface area contributed by atoms with Crippen LogP contribution in [0.4, 0.5) is 11.4 Å². The summed E-state index contributed by atoms with van der Waals surface area (Å²) < 4.78 is 28.0. The van der Waals surface area contributed by atoms with Crippen molar-refractivity contribution in [2.45, 2.75) is 37.0 Å². The first-order valence-electron chi connectivity index (χ1n) is 8.37. The second kappa shape index (κ2) is 8.60. The number of hydrogen-bond acceptors (Lipinski definition) is 4. The quantitative estimate of drug-likeness (QED) is 0.686. The number of hydrogen-bond donors (Lipinski definition) is 2. The minimum absolute atomic E-state index is 0.105. The summed E-state index contributed by atoms with van der Waals surface area (Å²) in [5.74, 6) is -0.349. The Morgan fingerprint density at radius 1 is 1.12 bits per heavy atom. The third-order valence-corrected chi connectivity index (χ3v) is 6.05. The Bertz CT molecular complexity index is 876. The lowest BCUT2D eigenvalue weighted by Crippen LogP contribution is -2.19. The van der Waals surface area contributed by atoms with E-state index in [1.54, 1.807) is 38.1 Å². The Hall–Kier alpha value is -1.99. The number of sulfonamides is 1. The molecule has 0 atom stereocenters. The van der Waals surface area contributed by atoms with Crippen molar-refractivity contribution in [3.63, 3.8) is 0 Å². The minimum Gasteiger partial charge on any atom is -0.325 e. The molecular weight excluding hydrogens is 368 g/mol. The number of carbonyl (C=O) groups is 1. The zero-order chi connectivity index (χ0) is 19.3. The first kappa shape index (κ1) is 20.3. The van der Waals surface area contributed by atoms with Gasteiger partial charge in [-0.15, -0.1) is 11.8 Å². The van der Waals surface area contributed by atoms with Crippen LogP contribution in [0.2, 0.25) is 0 Å². The fourth-order valence-corrected chi connectivity index (χ4v) is 3.87. The van der Waals surface area contributed by atoms with E-state index in [0.717, 1.165) is 16.9 Å². The number of nitrogens with one attached hydrogen (secondary N) is 2. The predicted molar refractivity (Wildman–Crippen MR) is 108 cm³/mol. The standard InChI is InChI=1S/C19H24N2O3S2/c1-5-14-6-8-15(9-7-14)21-26(23,24)16-10-11-18(25-4)17(12-16)20-19(22)13(2)3/h6-13,21H,5H2,1-4H3,(H,20,22). The molecule has 0 unspecified atom stereocenters. The van der Waals surface area contributed by atoms with E-state index in [9.17, 15) is 13.2 Å². The van der Waals surface area contributed by atoms with Gasteiger partial charge in [0.15, 0.2) is 0 Å². The molecule has 140 valence electrons. The van der Waals surface area contributed by atoms with Crippen LogP contribution < -0.4 is 10.0 Å². The molecule has 0 bridgehead atoms. The maximum atomic E-state index is 12.7. The molecule has 0 heterocycles. The van der Waals surface area contributed by atoms with Crippen LogP contribution in [0.3, 0.4) is 0 Å². The zero-order valence-corrected chi connectivity index (χ0v) is 17.0. The molecule has 26 heavy (non-hydrogen) atoms. The summed E-state index contributed by atoms with van der Waals surface area (Å²) in [7, 11) is -3.75. The van der Waals surface area contributed by atoms with Crippen LogP contribution in [-0.2, 0) is 21.2 Å². The Labute approximate surface area is 159 Å². The summed E-state index contributed by atoms with van der Waals surface area (Å²) in [6, 6.07) is 12.0. The summed E-state index contributed by atoms with van der Waals surface area (Å²) in [5.41, 5.74) is 2.14. The maximum Gasteiger partial charge on any atom is 0.261 e. The van der Waals surface area contributed by atoms with Crippen molar-refractivity contribution >= 4 is 39.1 Å². The lowest BCUT2D eigenvalue weighted by atomic mass is 10.2. The van der Waals surface area contributed by atoms with E-state index >= 15 is 0 Å². The molecule has 5 nitrogen and oxygen atoms in total. The molecule has 0 fully saturated rings. The third-order valence-electron chi connectivity index (χ3n) is 3.88. The maximum absolute atomic E-state index is 12.7. The zero-order valence-electron chi connectivity index (χ0n) is 15.4. The van der Waals surface area contributed by atoms with Crippen molar-refractivity contribution in [1.82, 2.24) is 0 Å². The van der Waals surface area contributed by atoms with Crippen molar-refractivity contribution < 1.29 is 13.2 Å². The molecule has 0 spiro atoms. The minimum atomic E-state index is -3.75. The number of aryl methyl sites for hydroxylation is 1. The van der Waals surface area contributed by atoms with Crippen LogP contribution in [-0.4, -0.2) is 20.6 Å². The van der Waals surface area contributed by atoms with E-state index < -0.39 is 10.0 Å². The number of amides is 1. The molecule has 2 rings (SSSR count). The SMILES string of the molecule is CCc1ccc(NS(=O)(=O)c2ccc(SC)c(NC(=O)C(C)C)c2)cc1. The molecule has 0 aromatic heterocycles. The van der Waals surface area contributed by atoms with Crippen molar-refractivity contribution in [1.29, 1.82) is 0 Å². The smallest absolute Gasteiger partial charge is 0.261 e. The molecule has 0 aliphatic heterocycles. The molecule has 7 heteroatoms. The van der Waals surface area contributed by atoms with Gasteiger partial charge in [-0.05, 0) is 48.6 Å². The fourth-order valence-electron chi connectivity index (χ4n) is 2.25. The monoisotopic (exact) mass is 392 g/mol. The van der Waals surface area contributed by atoms with Crippen LogP contribution in [0.15, 0.2) is 52.3 Å². The van der Waals surface area contributed by atoms with Crippen molar-refractivity contribution in [3.05, 3.63) is 48.0 Å². The van der Waals surface area contributed by atoms with E-state index in [0.29, 0.717) is 11.4 Å². The summed E-state index contributed by atoms with van der Waals surface area (Å²) in [4.78, 5) is 12.9. The first-order valence-corrected chi connectivity index (χ1v) is 11.1. The third kappa shape index (κ3) is 5.02. The molecular formula is C19H24N2O3S2. The predicted octanol–water partition coefficient (Wildman–Crippen LogP) is 4.37. The number of anilines is 2. The van der Waals surface area contributed by atoms with Crippen LogP contribution >= 0.6 is 11.8 Å². The highest BCUT2D eigenvalue weighted by atomic mass is 32.2. The lowest BCUT2D eigenvalue weighted by molar-refractivity contribution is -0.118. The topological polar surface area (TPSA) is 75.3 Å². The Morgan fingerprint density at radius 2 is 1.77 bits per heavy atom. The van der Waals surface area contributed by atoms with Crippen molar-refractivity contribution in [2.24, 2.45) is 5.92 Å². The molecule has 0 saturated heterocycles. The summed E-state index contributed by atoms with van der Waals surface area (Å²) in [6.45, 7) is 5.62. The number of thioether (sulfide) groups is 1. The Kier molecular flexibility index (Phi) is 6.72. The van der Waals surface area contributed by atoms with Crippen LogP contribution in [0.5, 0.6) is 0 Å². The van der Waals surface area contributed by atoms with Crippen LogP contribution in [0.1, 0.15) is 26.3 Å². The molecule has 2 aromatic rings. The molecule has 2 N–H and O–H groups in total. The van der Waals surface area contributed by atoms with Gasteiger partial charge in [-0.2, -0.15) is 0 Å². The van der Waals surface area contributed by atoms with Crippen LogP contribution in [0, 0.1) is 5.92 Å². The molecule has 0 aliphatic rings. The van der Waals surface area contributed by atoms with Gasteiger partial charge in [-0.3, -0.25) is 9.52 Å². The van der Waals surface area contributed by atoms with Crippen molar-refractivity contribution in [3.8, 4) is 0 Å². The Morgan fingerprint density at radius 3 is 2.31 bits per heavy atom. The van der Waals surface area contributed by atoms with Gasteiger partial charge >= 0.3 is 0 Å². The highest BCUT2D eigenvalue weighted by Gasteiger charge is 2.18. The van der Waals surface area contributed by atoms with Crippen molar-refractivity contribution in [2.75, 3.05) is 16.3 Å². The molecule has 0 aliphatic carbocycles. The Balaban J connectivity index is 2.31. The average Bonchev–Trinajstić information content (AvgIpc) is 2.61. The van der Waals surface area contributed by atoms with E-state index in [2.05, 4.69) is 10.0 Å². The molecule has 2 aromatic carbocycles.